The van der Waals surface area contributed by atoms with Crippen molar-refractivity contribution in [2.45, 2.75) is 47.0 Å². The summed E-state index contributed by atoms with van der Waals surface area (Å²) in [6.45, 7) is 12.1. The molecule has 5 nitrogen and oxygen atoms in total. The van der Waals surface area contributed by atoms with Crippen molar-refractivity contribution in [2.24, 2.45) is 5.41 Å². The molecule has 5 heteroatoms. The van der Waals surface area contributed by atoms with Gasteiger partial charge in [0, 0.05) is 19.0 Å². The van der Waals surface area contributed by atoms with Crippen molar-refractivity contribution >= 4 is 5.91 Å². The Morgan fingerprint density at radius 2 is 2.10 bits per heavy atom. The molecular weight excluding hydrogens is 252 g/mol. The number of hydrogen-bond donors (Lipinski definition) is 1. The molecule has 2 heterocycles. The van der Waals surface area contributed by atoms with Crippen LogP contribution >= 0.6 is 0 Å². The lowest BCUT2D eigenvalue weighted by Crippen LogP contribution is -2.37. The van der Waals surface area contributed by atoms with Gasteiger partial charge in [0.15, 0.2) is 0 Å². The number of carbonyl (C=O) groups is 1. The van der Waals surface area contributed by atoms with E-state index in [2.05, 4.69) is 42.0 Å². The van der Waals surface area contributed by atoms with Crippen molar-refractivity contribution in [3.8, 4) is 0 Å². The summed E-state index contributed by atoms with van der Waals surface area (Å²) in [6, 6.07) is 0. The fourth-order valence-corrected chi connectivity index (χ4v) is 2.30. The van der Waals surface area contributed by atoms with Gasteiger partial charge in [0.2, 0.25) is 5.82 Å². The highest BCUT2D eigenvalue weighted by molar-refractivity contribution is 5.90. The zero-order valence-corrected chi connectivity index (χ0v) is 13.0. The van der Waals surface area contributed by atoms with Crippen LogP contribution in [0.1, 0.15) is 63.4 Å². The molecule has 1 aromatic rings. The third-order valence-corrected chi connectivity index (χ3v) is 3.70. The van der Waals surface area contributed by atoms with Gasteiger partial charge in [-0.3, -0.25) is 9.89 Å². The number of nitrogens with zero attached hydrogens (tertiary/aromatic N) is 3. The molecule has 20 heavy (non-hydrogen) atoms. The predicted molar refractivity (Wildman–Crippen MR) is 78.5 cm³/mol. The van der Waals surface area contributed by atoms with Crippen LogP contribution in [-0.4, -0.2) is 39.1 Å². The van der Waals surface area contributed by atoms with Crippen molar-refractivity contribution in [2.75, 3.05) is 13.1 Å². The Labute approximate surface area is 120 Å². The molecule has 0 spiro atoms. The maximum Gasteiger partial charge on any atom is 0.293 e. The van der Waals surface area contributed by atoms with E-state index in [1.807, 2.05) is 18.7 Å². The third-order valence-electron chi connectivity index (χ3n) is 3.70. The molecule has 0 aromatic carbocycles. The second-order valence-corrected chi connectivity index (χ2v) is 6.68. The number of hydrogen-bond acceptors (Lipinski definition) is 3. The predicted octanol–water partition coefficient (Wildman–Crippen LogP) is 2.75. The number of aromatic nitrogens is 3. The van der Waals surface area contributed by atoms with Gasteiger partial charge >= 0.3 is 0 Å². The number of H-pyrrole nitrogens is 1. The van der Waals surface area contributed by atoms with Crippen molar-refractivity contribution in [1.29, 1.82) is 0 Å². The minimum atomic E-state index is -0.0858. The summed E-state index contributed by atoms with van der Waals surface area (Å²) in [5.74, 6) is 1.20. The molecule has 0 saturated carbocycles. The first-order valence-corrected chi connectivity index (χ1v) is 7.20. The van der Waals surface area contributed by atoms with Crippen LogP contribution in [0.2, 0.25) is 0 Å². The summed E-state index contributed by atoms with van der Waals surface area (Å²) in [4.78, 5) is 18.4. The Hall–Kier alpha value is -1.65. The van der Waals surface area contributed by atoms with E-state index in [0.717, 1.165) is 18.8 Å². The fourth-order valence-electron chi connectivity index (χ4n) is 2.30. The largest absolute Gasteiger partial charge is 0.332 e. The summed E-state index contributed by atoms with van der Waals surface area (Å²) in [6.07, 6.45) is 3.09. The van der Waals surface area contributed by atoms with E-state index < -0.39 is 0 Å². The van der Waals surface area contributed by atoms with Crippen molar-refractivity contribution in [3.63, 3.8) is 0 Å². The van der Waals surface area contributed by atoms with Crippen LogP contribution < -0.4 is 0 Å². The molecule has 0 fully saturated rings. The molecule has 1 aliphatic heterocycles. The van der Waals surface area contributed by atoms with E-state index >= 15 is 0 Å². The molecule has 1 N–H and O–H groups in total. The lowest BCUT2D eigenvalue weighted by Gasteiger charge is -2.31. The molecule has 0 saturated heterocycles. The van der Waals surface area contributed by atoms with E-state index in [0.29, 0.717) is 6.54 Å². The summed E-state index contributed by atoms with van der Waals surface area (Å²) < 4.78 is 0. The first-order valence-electron chi connectivity index (χ1n) is 7.20. The van der Waals surface area contributed by atoms with Crippen LogP contribution in [0.3, 0.4) is 0 Å². The quantitative estimate of drug-likeness (QED) is 0.845. The fraction of sp³-hybridized carbons (Fsp3) is 0.667. The van der Waals surface area contributed by atoms with Gasteiger partial charge in [-0.1, -0.05) is 46.3 Å². The number of aromatic amines is 1. The molecule has 1 amide bonds. The lowest BCUT2D eigenvalue weighted by atomic mass is 9.83. The minimum absolute atomic E-state index is 0.0858. The zero-order valence-electron chi connectivity index (χ0n) is 13.0. The van der Waals surface area contributed by atoms with Gasteiger partial charge in [-0.15, -0.1) is 5.10 Å². The van der Waals surface area contributed by atoms with E-state index in [4.69, 9.17) is 0 Å². The molecule has 0 bridgehead atoms. The van der Waals surface area contributed by atoms with E-state index in [1.165, 1.54) is 5.57 Å². The summed E-state index contributed by atoms with van der Waals surface area (Å²) in [5, 5.41) is 6.87. The highest BCUT2D eigenvalue weighted by atomic mass is 16.2. The highest BCUT2D eigenvalue weighted by Crippen LogP contribution is 2.30. The molecule has 2 rings (SSSR count). The average Bonchev–Trinajstić information content (AvgIpc) is 2.86. The van der Waals surface area contributed by atoms with Crippen molar-refractivity contribution in [1.82, 2.24) is 20.1 Å². The summed E-state index contributed by atoms with van der Waals surface area (Å²) >= 11 is 0. The van der Waals surface area contributed by atoms with Gasteiger partial charge in [-0.05, 0) is 11.8 Å². The molecular formula is C15H24N4O. The van der Waals surface area contributed by atoms with E-state index in [1.54, 1.807) is 0 Å². The van der Waals surface area contributed by atoms with Crippen molar-refractivity contribution in [3.05, 3.63) is 23.3 Å². The third kappa shape index (κ3) is 3.08. The monoisotopic (exact) mass is 276 g/mol. The van der Waals surface area contributed by atoms with Crippen LogP contribution in [0, 0.1) is 5.41 Å². The van der Waals surface area contributed by atoms with Crippen molar-refractivity contribution < 1.29 is 4.79 Å². The molecule has 0 unspecified atom stereocenters. The Kier molecular flexibility index (Phi) is 3.97. The number of nitrogens with one attached hydrogen (secondary N) is 1. The van der Waals surface area contributed by atoms with E-state index in [-0.39, 0.29) is 23.1 Å². The summed E-state index contributed by atoms with van der Waals surface area (Å²) in [7, 11) is 0. The Balaban J connectivity index is 2.06. The van der Waals surface area contributed by atoms with Gasteiger partial charge in [-0.25, -0.2) is 4.98 Å². The summed E-state index contributed by atoms with van der Waals surface area (Å²) in [5.41, 5.74) is 1.60. The Morgan fingerprint density at radius 3 is 2.55 bits per heavy atom. The van der Waals surface area contributed by atoms with Gasteiger partial charge in [-0.2, -0.15) is 0 Å². The number of carbonyl (C=O) groups excluding carboxylic acids is 1. The van der Waals surface area contributed by atoms with Crippen LogP contribution in [0.15, 0.2) is 11.6 Å². The SMILES string of the molecule is CC(C)c1nc(C(=O)N2CC=C(C(C)(C)C)CC2)n[nH]1. The topological polar surface area (TPSA) is 61.9 Å². The zero-order chi connectivity index (χ0) is 14.9. The van der Waals surface area contributed by atoms with Gasteiger partial charge in [0.25, 0.3) is 5.91 Å². The standard InChI is InChI=1S/C15H24N4O/c1-10(2)12-16-13(18-17-12)14(20)19-8-6-11(7-9-19)15(3,4)5/h6,10H,7-9H2,1-5H3,(H,16,17,18). The maximum absolute atomic E-state index is 12.3. The molecule has 0 radical (unpaired) electrons. The second kappa shape index (κ2) is 5.38. The Morgan fingerprint density at radius 1 is 1.40 bits per heavy atom. The number of amides is 1. The molecule has 1 aromatic heterocycles. The first-order chi connectivity index (χ1) is 9.29. The van der Waals surface area contributed by atoms with Gasteiger partial charge in [0.1, 0.15) is 5.82 Å². The average molecular weight is 276 g/mol. The van der Waals surface area contributed by atoms with E-state index in [9.17, 15) is 4.79 Å². The van der Waals surface area contributed by atoms with Gasteiger partial charge < -0.3 is 4.90 Å². The van der Waals surface area contributed by atoms with Gasteiger partial charge in [0.05, 0.1) is 0 Å². The molecule has 0 atom stereocenters. The first kappa shape index (κ1) is 14.8. The Bertz CT molecular complexity index is 522. The van der Waals surface area contributed by atoms with Crippen LogP contribution in [0.4, 0.5) is 0 Å². The molecule has 0 aliphatic carbocycles. The smallest absolute Gasteiger partial charge is 0.293 e. The molecule has 1 aliphatic rings. The molecule has 110 valence electrons. The minimum Gasteiger partial charge on any atom is -0.332 e. The maximum atomic E-state index is 12.3. The highest BCUT2D eigenvalue weighted by Gasteiger charge is 2.26. The van der Waals surface area contributed by atoms with Crippen LogP contribution in [0.5, 0.6) is 0 Å². The van der Waals surface area contributed by atoms with Crippen LogP contribution in [0.25, 0.3) is 0 Å². The lowest BCUT2D eigenvalue weighted by molar-refractivity contribution is 0.0753. The normalized spacial score (nSPS) is 16.5. The second-order valence-electron chi connectivity index (χ2n) is 6.68. The number of rotatable bonds is 2. The van der Waals surface area contributed by atoms with Crippen LogP contribution in [-0.2, 0) is 0 Å².